The first-order valence-corrected chi connectivity index (χ1v) is 6.13. The first kappa shape index (κ1) is 13.3. The van der Waals surface area contributed by atoms with E-state index in [0.717, 1.165) is 27.7 Å². The summed E-state index contributed by atoms with van der Waals surface area (Å²) in [5.74, 6) is 2.65. The number of aliphatic hydroxyl groups is 1. The fourth-order valence-electron chi connectivity index (χ4n) is 2.33. The molecule has 3 N–H and O–H groups in total. The van der Waals surface area contributed by atoms with Gasteiger partial charge in [-0.2, -0.15) is 0 Å². The standard InChI is InChI=1S/C16H18N2O/c1-5-12-6-7-13-14(9-15(17)11(3)19)10(2)18(4)16(13)8-12/h1,6-8,15,19H,3,9,17H2,2,4H3. The fourth-order valence-corrected chi connectivity index (χ4v) is 2.33. The molecule has 3 heteroatoms. The Morgan fingerprint density at radius 1 is 1.58 bits per heavy atom. The number of nitrogens with zero attached hydrogens (tertiary/aromatic N) is 1. The number of aromatic nitrogens is 1. The molecular formula is C16H18N2O. The van der Waals surface area contributed by atoms with E-state index in [2.05, 4.69) is 17.1 Å². The lowest BCUT2D eigenvalue weighted by atomic mass is 10.0. The molecule has 1 aromatic carbocycles. The number of hydrogen-bond acceptors (Lipinski definition) is 2. The van der Waals surface area contributed by atoms with Crippen molar-refractivity contribution in [2.75, 3.05) is 0 Å². The highest BCUT2D eigenvalue weighted by atomic mass is 16.3. The molecule has 2 aromatic rings. The van der Waals surface area contributed by atoms with Gasteiger partial charge in [-0.1, -0.05) is 18.6 Å². The number of fused-ring (bicyclic) bond motifs is 1. The minimum atomic E-state index is -0.448. The summed E-state index contributed by atoms with van der Waals surface area (Å²) in [5, 5.41) is 10.5. The van der Waals surface area contributed by atoms with Crippen molar-refractivity contribution in [3.05, 3.63) is 47.4 Å². The molecule has 0 aliphatic rings. The van der Waals surface area contributed by atoms with Gasteiger partial charge in [-0.3, -0.25) is 0 Å². The Hall–Kier alpha value is -2.18. The first-order chi connectivity index (χ1) is 8.95. The molecule has 0 radical (unpaired) electrons. The molecule has 0 spiro atoms. The maximum Gasteiger partial charge on any atom is 0.102 e. The highest BCUT2D eigenvalue weighted by molar-refractivity contribution is 5.86. The van der Waals surface area contributed by atoms with Crippen molar-refractivity contribution < 1.29 is 5.11 Å². The Morgan fingerprint density at radius 3 is 2.84 bits per heavy atom. The second-order valence-corrected chi connectivity index (χ2v) is 4.80. The summed E-state index contributed by atoms with van der Waals surface area (Å²) in [4.78, 5) is 0. The van der Waals surface area contributed by atoms with Crippen LogP contribution >= 0.6 is 0 Å². The summed E-state index contributed by atoms with van der Waals surface area (Å²) < 4.78 is 2.10. The van der Waals surface area contributed by atoms with Gasteiger partial charge in [0.2, 0.25) is 0 Å². The summed E-state index contributed by atoms with van der Waals surface area (Å²) in [5.41, 5.74) is 10.1. The van der Waals surface area contributed by atoms with Crippen LogP contribution in [0.15, 0.2) is 30.5 Å². The molecule has 19 heavy (non-hydrogen) atoms. The van der Waals surface area contributed by atoms with Crippen molar-refractivity contribution in [3.8, 4) is 12.3 Å². The predicted molar refractivity (Wildman–Crippen MR) is 79.0 cm³/mol. The second kappa shape index (κ2) is 4.83. The Bertz CT molecular complexity index is 689. The van der Waals surface area contributed by atoms with Crippen molar-refractivity contribution in [1.82, 2.24) is 4.57 Å². The largest absolute Gasteiger partial charge is 0.511 e. The fraction of sp³-hybridized carbons (Fsp3) is 0.250. The third-order valence-corrected chi connectivity index (χ3v) is 3.64. The quantitative estimate of drug-likeness (QED) is 0.653. The van der Waals surface area contributed by atoms with Gasteiger partial charge in [0, 0.05) is 29.2 Å². The van der Waals surface area contributed by atoms with Crippen molar-refractivity contribution >= 4 is 10.9 Å². The lowest BCUT2D eigenvalue weighted by Gasteiger charge is -2.10. The molecular weight excluding hydrogens is 236 g/mol. The minimum Gasteiger partial charge on any atom is -0.511 e. The van der Waals surface area contributed by atoms with E-state index in [4.69, 9.17) is 12.2 Å². The predicted octanol–water partition coefficient (Wildman–Crippen LogP) is 2.41. The Morgan fingerprint density at radius 2 is 2.26 bits per heavy atom. The molecule has 1 unspecified atom stereocenters. The monoisotopic (exact) mass is 254 g/mol. The number of hydrogen-bond donors (Lipinski definition) is 2. The highest BCUT2D eigenvalue weighted by Crippen LogP contribution is 2.27. The summed E-state index contributed by atoms with van der Waals surface area (Å²) in [6.45, 7) is 5.53. The molecule has 2 rings (SSSR count). The van der Waals surface area contributed by atoms with E-state index in [-0.39, 0.29) is 5.76 Å². The molecule has 0 bridgehead atoms. The topological polar surface area (TPSA) is 51.2 Å². The highest BCUT2D eigenvalue weighted by Gasteiger charge is 2.16. The van der Waals surface area contributed by atoms with E-state index < -0.39 is 6.04 Å². The van der Waals surface area contributed by atoms with E-state index >= 15 is 0 Å². The Kier molecular flexibility index (Phi) is 3.37. The zero-order valence-corrected chi connectivity index (χ0v) is 11.3. The minimum absolute atomic E-state index is 0.0108. The van der Waals surface area contributed by atoms with Gasteiger partial charge in [-0.25, -0.2) is 0 Å². The molecule has 1 heterocycles. The van der Waals surface area contributed by atoms with Crippen molar-refractivity contribution in [2.45, 2.75) is 19.4 Å². The van der Waals surface area contributed by atoms with E-state index in [1.807, 2.05) is 32.2 Å². The maximum absolute atomic E-state index is 9.38. The average molecular weight is 254 g/mol. The van der Waals surface area contributed by atoms with Crippen LogP contribution in [0.25, 0.3) is 10.9 Å². The average Bonchev–Trinajstić information content (AvgIpc) is 2.63. The van der Waals surface area contributed by atoms with Crippen LogP contribution in [0.3, 0.4) is 0 Å². The van der Waals surface area contributed by atoms with Crippen LogP contribution in [0, 0.1) is 19.3 Å². The van der Waals surface area contributed by atoms with Gasteiger partial charge in [0.05, 0.1) is 6.04 Å². The van der Waals surface area contributed by atoms with Crippen LogP contribution in [0.4, 0.5) is 0 Å². The smallest absolute Gasteiger partial charge is 0.102 e. The van der Waals surface area contributed by atoms with Crippen molar-refractivity contribution in [1.29, 1.82) is 0 Å². The van der Waals surface area contributed by atoms with Crippen LogP contribution in [0.1, 0.15) is 16.8 Å². The molecule has 0 saturated heterocycles. The SMILES string of the molecule is C#Cc1ccc2c(CC(N)C(=C)O)c(C)n(C)c2c1. The molecule has 0 aliphatic heterocycles. The van der Waals surface area contributed by atoms with Crippen LogP contribution in [-0.2, 0) is 13.5 Å². The molecule has 0 aliphatic carbocycles. The van der Waals surface area contributed by atoms with Crippen molar-refractivity contribution in [2.24, 2.45) is 12.8 Å². The number of aliphatic hydroxyl groups excluding tert-OH is 1. The summed E-state index contributed by atoms with van der Waals surface area (Å²) in [6, 6.07) is 5.48. The van der Waals surface area contributed by atoms with Crippen LogP contribution in [-0.4, -0.2) is 15.7 Å². The molecule has 3 nitrogen and oxygen atoms in total. The van der Waals surface area contributed by atoms with E-state index in [9.17, 15) is 5.11 Å². The van der Waals surface area contributed by atoms with Gasteiger partial charge in [0.25, 0.3) is 0 Å². The number of aryl methyl sites for hydroxylation is 1. The van der Waals surface area contributed by atoms with Gasteiger partial charge in [-0.05, 0) is 31.0 Å². The van der Waals surface area contributed by atoms with Crippen LogP contribution in [0.5, 0.6) is 0 Å². The first-order valence-electron chi connectivity index (χ1n) is 6.13. The van der Waals surface area contributed by atoms with Crippen molar-refractivity contribution in [3.63, 3.8) is 0 Å². The summed E-state index contributed by atoms with van der Waals surface area (Å²) >= 11 is 0. The third kappa shape index (κ3) is 2.23. The van der Waals surface area contributed by atoms with Crippen LogP contribution in [0.2, 0.25) is 0 Å². The zero-order valence-electron chi connectivity index (χ0n) is 11.3. The lowest BCUT2D eigenvalue weighted by molar-refractivity contribution is 0.368. The normalized spacial score (nSPS) is 12.3. The summed E-state index contributed by atoms with van der Waals surface area (Å²) in [7, 11) is 2.00. The molecule has 0 amide bonds. The van der Waals surface area contributed by atoms with Gasteiger partial charge >= 0.3 is 0 Å². The van der Waals surface area contributed by atoms with Gasteiger partial charge in [-0.15, -0.1) is 6.42 Å². The second-order valence-electron chi connectivity index (χ2n) is 4.80. The molecule has 1 aromatic heterocycles. The Balaban J connectivity index is 2.59. The van der Waals surface area contributed by atoms with E-state index in [1.165, 1.54) is 0 Å². The van der Waals surface area contributed by atoms with E-state index in [1.54, 1.807) is 0 Å². The number of nitrogens with two attached hydrogens (primary N) is 1. The molecule has 98 valence electrons. The number of terminal acetylenes is 1. The van der Waals surface area contributed by atoms with Gasteiger partial charge in [0.15, 0.2) is 0 Å². The van der Waals surface area contributed by atoms with Crippen LogP contribution < -0.4 is 5.73 Å². The Labute approximate surface area is 113 Å². The number of benzene rings is 1. The maximum atomic E-state index is 9.38. The lowest BCUT2D eigenvalue weighted by Crippen LogP contribution is -2.25. The molecule has 1 atom stereocenters. The molecule has 0 fully saturated rings. The van der Waals surface area contributed by atoms with Gasteiger partial charge < -0.3 is 15.4 Å². The number of rotatable bonds is 3. The third-order valence-electron chi connectivity index (χ3n) is 3.64. The summed E-state index contributed by atoms with van der Waals surface area (Å²) in [6.07, 6.45) is 6.00. The molecule has 0 saturated carbocycles. The van der Waals surface area contributed by atoms with Gasteiger partial charge in [0.1, 0.15) is 5.76 Å². The van der Waals surface area contributed by atoms with E-state index in [0.29, 0.717) is 6.42 Å². The zero-order chi connectivity index (χ0) is 14.2.